The Kier molecular flexibility index (Phi) is 3.53. The lowest BCUT2D eigenvalue weighted by molar-refractivity contribution is 0.514. The average molecular weight is 178 g/mol. The molecule has 0 saturated carbocycles. The van der Waals surface area contributed by atoms with E-state index in [0.717, 1.165) is 5.56 Å². The maximum Gasteiger partial charge on any atom is 0.0950 e. The minimum absolute atomic E-state index is 0.0503. The Bertz CT molecular complexity index is 274. The topological polar surface area (TPSA) is 49.0 Å². The van der Waals surface area contributed by atoms with E-state index >= 15 is 0 Å². The number of nitrogens with one attached hydrogen (secondary N) is 1. The quantitative estimate of drug-likeness (QED) is 0.768. The summed E-state index contributed by atoms with van der Waals surface area (Å²) in [6.45, 7) is 4.66. The normalized spacial score (nSPS) is 14.8. The molecule has 1 N–H and O–H groups in total. The zero-order valence-electron chi connectivity index (χ0n) is 7.95. The predicted molar refractivity (Wildman–Crippen MR) is 49.9 cm³/mol. The van der Waals surface area contributed by atoms with Crippen molar-refractivity contribution in [2.45, 2.75) is 19.9 Å². The summed E-state index contributed by atoms with van der Waals surface area (Å²) in [7, 11) is 0. The van der Waals surface area contributed by atoms with Crippen molar-refractivity contribution in [2.75, 3.05) is 6.54 Å². The number of hydrogen-bond acceptors (Lipinski definition) is 3. The van der Waals surface area contributed by atoms with Crippen LogP contribution in [0.25, 0.3) is 0 Å². The molecule has 0 radical (unpaired) electrons. The highest BCUT2D eigenvalue weighted by Crippen LogP contribution is 2.12. The minimum Gasteiger partial charge on any atom is -0.472 e. The summed E-state index contributed by atoms with van der Waals surface area (Å²) in [5.41, 5.74) is 1.12. The van der Waals surface area contributed by atoms with Crippen molar-refractivity contribution in [1.82, 2.24) is 5.32 Å². The van der Waals surface area contributed by atoms with Crippen LogP contribution in [0.1, 0.15) is 25.5 Å². The molecule has 1 heterocycles. The summed E-state index contributed by atoms with van der Waals surface area (Å²) in [4.78, 5) is 0. The first-order valence-electron chi connectivity index (χ1n) is 4.39. The lowest BCUT2D eigenvalue weighted by atomic mass is 10.1. The highest BCUT2D eigenvalue weighted by Gasteiger charge is 2.07. The van der Waals surface area contributed by atoms with Gasteiger partial charge in [-0.15, -0.1) is 0 Å². The van der Waals surface area contributed by atoms with E-state index in [1.54, 1.807) is 12.5 Å². The first-order valence-corrected chi connectivity index (χ1v) is 4.39. The molecular formula is C10H14N2O. The van der Waals surface area contributed by atoms with Crippen LogP contribution in [0.2, 0.25) is 0 Å². The zero-order chi connectivity index (χ0) is 9.68. The Labute approximate surface area is 78.4 Å². The summed E-state index contributed by atoms with van der Waals surface area (Å²) in [6.07, 6.45) is 3.37. The van der Waals surface area contributed by atoms with Gasteiger partial charge in [-0.2, -0.15) is 5.26 Å². The lowest BCUT2D eigenvalue weighted by Gasteiger charge is -2.12. The highest BCUT2D eigenvalue weighted by atomic mass is 16.3. The van der Waals surface area contributed by atoms with Crippen molar-refractivity contribution in [3.05, 3.63) is 24.2 Å². The van der Waals surface area contributed by atoms with Crippen LogP contribution in [0.5, 0.6) is 0 Å². The summed E-state index contributed by atoms with van der Waals surface area (Å²) in [5.74, 6) is 0.0503. The van der Waals surface area contributed by atoms with Gasteiger partial charge in [0.25, 0.3) is 0 Å². The fourth-order valence-electron chi connectivity index (χ4n) is 1.04. The Balaban J connectivity index is 2.35. The van der Waals surface area contributed by atoms with Gasteiger partial charge in [-0.1, -0.05) is 0 Å². The van der Waals surface area contributed by atoms with Crippen LogP contribution in [0.4, 0.5) is 0 Å². The van der Waals surface area contributed by atoms with E-state index in [2.05, 4.69) is 18.3 Å². The SMILES string of the molecule is CC(C#N)CNC(C)c1ccoc1. The Morgan fingerprint density at radius 1 is 1.62 bits per heavy atom. The van der Waals surface area contributed by atoms with E-state index in [9.17, 15) is 0 Å². The van der Waals surface area contributed by atoms with E-state index < -0.39 is 0 Å². The van der Waals surface area contributed by atoms with E-state index in [0.29, 0.717) is 6.54 Å². The van der Waals surface area contributed by atoms with Gasteiger partial charge in [-0.05, 0) is 19.9 Å². The number of rotatable bonds is 4. The van der Waals surface area contributed by atoms with Crippen LogP contribution in [0.15, 0.2) is 23.0 Å². The van der Waals surface area contributed by atoms with Crippen molar-refractivity contribution in [2.24, 2.45) is 5.92 Å². The van der Waals surface area contributed by atoms with E-state index in [1.807, 2.05) is 13.0 Å². The number of hydrogen-bond donors (Lipinski definition) is 1. The van der Waals surface area contributed by atoms with Crippen LogP contribution >= 0.6 is 0 Å². The Morgan fingerprint density at radius 2 is 2.38 bits per heavy atom. The molecule has 0 amide bonds. The predicted octanol–water partition coefficient (Wildman–Crippen LogP) is 2.09. The molecule has 0 aliphatic heterocycles. The maximum absolute atomic E-state index is 8.57. The Morgan fingerprint density at radius 3 is 2.92 bits per heavy atom. The second-order valence-corrected chi connectivity index (χ2v) is 3.22. The standard InChI is InChI=1S/C10H14N2O/c1-8(5-11)6-12-9(2)10-3-4-13-7-10/h3-4,7-9,12H,6H2,1-2H3. The van der Waals surface area contributed by atoms with Crippen LogP contribution in [-0.4, -0.2) is 6.54 Å². The van der Waals surface area contributed by atoms with Crippen molar-refractivity contribution >= 4 is 0 Å². The zero-order valence-corrected chi connectivity index (χ0v) is 7.95. The van der Waals surface area contributed by atoms with Crippen molar-refractivity contribution in [3.63, 3.8) is 0 Å². The molecule has 0 fully saturated rings. The minimum atomic E-state index is 0.0503. The molecule has 2 atom stereocenters. The summed E-state index contributed by atoms with van der Waals surface area (Å²) in [6, 6.07) is 4.35. The third kappa shape index (κ3) is 2.92. The summed E-state index contributed by atoms with van der Waals surface area (Å²) in [5, 5.41) is 11.8. The summed E-state index contributed by atoms with van der Waals surface area (Å²) >= 11 is 0. The number of nitrogens with zero attached hydrogens (tertiary/aromatic N) is 1. The molecule has 0 aliphatic rings. The molecule has 70 valence electrons. The molecule has 1 rings (SSSR count). The third-order valence-corrected chi connectivity index (χ3v) is 1.99. The molecular weight excluding hydrogens is 164 g/mol. The number of furan rings is 1. The fourth-order valence-corrected chi connectivity index (χ4v) is 1.04. The Hall–Kier alpha value is -1.27. The first kappa shape index (κ1) is 9.82. The van der Waals surface area contributed by atoms with Crippen molar-refractivity contribution in [1.29, 1.82) is 5.26 Å². The smallest absolute Gasteiger partial charge is 0.0950 e. The maximum atomic E-state index is 8.57. The van der Waals surface area contributed by atoms with E-state index in [1.165, 1.54) is 0 Å². The molecule has 0 aliphatic carbocycles. The van der Waals surface area contributed by atoms with Gasteiger partial charge in [0.2, 0.25) is 0 Å². The lowest BCUT2D eigenvalue weighted by Crippen LogP contribution is -2.23. The second kappa shape index (κ2) is 4.68. The first-order chi connectivity index (χ1) is 6.24. The molecule has 0 saturated heterocycles. The van der Waals surface area contributed by atoms with E-state index in [4.69, 9.17) is 9.68 Å². The van der Waals surface area contributed by atoms with Gasteiger partial charge < -0.3 is 9.73 Å². The van der Waals surface area contributed by atoms with Gasteiger partial charge in [0.05, 0.1) is 24.5 Å². The largest absolute Gasteiger partial charge is 0.472 e. The van der Waals surface area contributed by atoms with Crippen LogP contribution in [0.3, 0.4) is 0 Å². The fraction of sp³-hybridized carbons (Fsp3) is 0.500. The molecule has 13 heavy (non-hydrogen) atoms. The van der Waals surface area contributed by atoms with Gasteiger partial charge in [0, 0.05) is 18.2 Å². The molecule has 0 spiro atoms. The molecule has 2 unspecified atom stereocenters. The van der Waals surface area contributed by atoms with Gasteiger partial charge in [-0.3, -0.25) is 0 Å². The molecule has 0 bridgehead atoms. The summed E-state index contributed by atoms with van der Waals surface area (Å²) < 4.78 is 4.96. The van der Waals surface area contributed by atoms with Crippen LogP contribution in [-0.2, 0) is 0 Å². The van der Waals surface area contributed by atoms with Gasteiger partial charge in [-0.25, -0.2) is 0 Å². The number of nitriles is 1. The monoisotopic (exact) mass is 178 g/mol. The third-order valence-electron chi connectivity index (χ3n) is 1.99. The van der Waals surface area contributed by atoms with Crippen LogP contribution < -0.4 is 5.32 Å². The van der Waals surface area contributed by atoms with Crippen molar-refractivity contribution < 1.29 is 4.42 Å². The van der Waals surface area contributed by atoms with Gasteiger partial charge in [0.1, 0.15) is 0 Å². The molecule has 3 nitrogen and oxygen atoms in total. The second-order valence-electron chi connectivity index (χ2n) is 3.22. The van der Waals surface area contributed by atoms with Gasteiger partial charge in [0.15, 0.2) is 0 Å². The molecule has 1 aromatic rings. The average Bonchev–Trinajstić information content (AvgIpc) is 2.66. The van der Waals surface area contributed by atoms with Gasteiger partial charge >= 0.3 is 0 Å². The molecule has 3 heteroatoms. The van der Waals surface area contributed by atoms with Crippen LogP contribution in [0, 0.1) is 17.2 Å². The van der Waals surface area contributed by atoms with E-state index in [-0.39, 0.29) is 12.0 Å². The van der Waals surface area contributed by atoms with Crippen molar-refractivity contribution in [3.8, 4) is 6.07 Å². The highest BCUT2D eigenvalue weighted by molar-refractivity contribution is 5.10. The molecule has 0 aromatic carbocycles. The molecule has 1 aromatic heterocycles.